The van der Waals surface area contributed by atoms with E-state index in [1.165, 1.54) is 6.42 Å². The normalized spacial score (nSPS) is 22.4. The van der Waals surface area contributed by atoms with Gasteiger partial charge in [0, 0.05) is 11.6 Å². The molecule has 1 aliphatic heterocycles. The molecule has 0 spiro atoms. The Morgan fingerprint density at radius 2 is 2.18 bits per heavy atom. The number of rotatable bonds is 4. The third kappa shape index (κ3) is 3.98. The van der Waals surface area contributed by atoms with Gasteiger partial charge in [-0.2, -0.15) is 0 Å². The van der Waals surface area contributed by atoms with Crippen LogP contribution in [0.4, 0.5) is 0 Å². The zero-order chi connectivity index (χ0) is 12.1. The highest BCUT2D eigenvalue weighted by molar-refractivity contribution is 6.31. The van der Waals surface area contributed by atoms with Crippen LogP contribution < -0.4 is 0 Å². The molecule has 94 valence electrons. The van der Waals surface area contributed by atoms with Crippen molar-refractivity contribution in [3.05, 3.63) is 34.9 Å². The predicted octanol–water partition coefficient (Wildman–Crippen LogP) is 3.20. The standard InChI is InChI=1S/C14H19ClO2/c15-14-7-2-1-5-11(14)9-12(16)10-13-6-3-4-8-17-13/h1-2,5,7,12-13,16H,3-4,6,8-10H2. The number of halogens is 1. The molecule has 1 fully saturated rings. The number of hydrogen-bond donors (Lipinski definition) is 1. The first-order valence-electron chi connectivity index (χ1n) is 6.29. The minimum absolute atomic E-state index is 0.223. The van der Waals surface area contributed by atoms with Crippen LogP contribution in [0, 0.1) is 0 Å². The third-order valence-electron chi connectivity index (χ3n) is 3.22. The largest absolute Gasteiger partial charge is 0.393 e. The van der Waals surface area contributed by atoms with Crippen LogP contribution in [0.2, 0.25) is 5.02 Å². The molecule has 1 N–H and O–H groups in total. The van der Waals surface area contributed by atoms with E-state index in [4.69, 9.17) is 16.3 Å². The lowest BCUT2D eigenvalue weighted by Gasteiger charge is -2.24. The maximum atomic E-state index is 10.0. The Morgan fingerprint density at radius 3 is 2.88 bits per heavy atom. The van der Waals surface area contributed by atoms with E-state index in [-0.39, 0.29) is 12.2 Å². The van der Waals surface area contributed by atoms with E-state index in [9.17, 15) is 5.11 Å². The molecule has 0 radical (unpaired) electrons. The van der Waals surface area contributed by atoms with Crippen molar-refractivity contribution in [1.82, 2.24) is 0 Å². The molecule has 2 atom stereocenters. The van der Waals surface area contributed by atoms with Crippen molar-refractivity contribution in [3.63, 3.8) is 0 Å². The van der Waals surface area contributed by atoms with Gasteiger partial charge < -0.3 is 9.84 Å². The van der Waals surface area contributed by atoms with Crippen molar-refractivity contribution in [2.75, 3.05) is 6.61 Å². The molecule has 2 nitrogen and oxygen atoms in total. The number of ether oxygens (including phenoxy) is 1. The Hall–Kier alpha value is -0.570. The molecule has 1 aliphatic rings. The quantitative estimate of drug-likeness (QED) is 0.894. The van der Waals surface area contributed by atoms with Crippen LogP contribution in [0.15, 0.2) is 24.3 Å². The molecule has 2 rings (SSSR count). The topological polar surface area (TPSA) is 29.5 Å². The van der Waals surface area contributed by atoms with E-state index in [0.717, 1.165) is 30.0 Å². The molecule has 17 heavy (non-hydrogen) atoms. The van der Waals surface area contributed by atoms with E-state index in [2.05, 4.69) is 0 Å². The first-order chi connectivity index (χ1) is 8.25. The summed E-state index contributed by atoms with van der Waals surface area (Å²) in [5, 5.41) is 10.8. The SMILES string of the molecule is OC(Cc1ccccc1Cl)CC1CCCCO1. The summed E-state index contributed by atoms with van der Waals surface area (Å²) < 4.78 is 5.62. The van der Waals surface area contributed by atoms with Gasteiger partial charge in [-0.15, -0.1) is 0 Å². The molecule has 1 aromatic carbocycles. The molecular weight excluding hydrogens is 236 g/mol. The number of aliphatic hydroxyl groups excluding tert-OH is 1. The zero-order valence-electron chi connectivity index (χ0n) is 9.94. The van der Waals surface area contributed by atoms with Crippen molar-refractivity contribution in [2.24, 2.45) is 0 Å². The van der Waals surface area contributed by atoms with Gasteiger partial charge in [-0.05, 0) is 43.7 Å². The van der Waals surface area contributed by atoms with Crippen molar-refractivity contribution in [2.45, 2.75) is 44.3 Å². The fourth-order valence-corrected chi connectivity index (χ4v) is 2.51. The van der Waals surface area contributed by atoms with Gasteiger partial charge in [0.25, 0.3) is 0 Å². The zero-order valence-corrected chi connectivity index (χ0v) is 10.7. The lowest BCUT2D eigenvalue weighted by atomic mass is 9.99. The Morgan fingerprint density at radius 1 is 1.35 bits per heavy atom. The summed E-state index contributed by atoms with van der Waals surface area (Å²) in [5.74, 6) is 0. The van der Waals surface area contributed by atoms with Crippen LogP contribution in [0.25, 0.3) is 0 Å². The molecule has 0 saturated carbocycles. The number of benzene rings is 1. The highest BCUT2D eigenvalue weighted by atomic mass is 35.5. The molecule has 0 aliphatic carbocycles. The Labute approximate surface area is 108 Å². The van der Waals surface area contributed by atoms with E-state index >= 15 is 0 Å². The summed E-state index contributed by atoms with van der Waals surface area (Å²) in [6, 6.07) is 7.68. The fourth-order valence-electron chi connectivity index (χ4n) is 2.30. The van der Waals surface area contributed by atoms with Gasteiger partial charge in [-0.3, -0.25) is 0 Å². The first kappa shape index (κ1) is 12.9. The summed E-state index contributed by atoms with van der Waals surface area (Å²) in [6.45, 7) is 0.837. The Balaban J connectivity index is 1.84. The Bertz CT molecular complexity index is 348. The summed E-state index contributed by atoms with van der Waals surface area (Å²) in [6.07, 6.45) is 4.62. The maximum Gasteiger partial charge on any atom is 0.0605 e. The predicted molar refractivity (Wildman–Crippen MR) is 69.4 cm³/mol. The lowest BCUT2D eigenvalue weighted by molar-refractivity contribution is -0.0147. The van der Waals surface area contributed by atoms with Gasteiger partial charge in [0.15, 0.2) is 0 Å². The van der Waals surface area contributed by atoms with E-state index < -0.39 is 0 Å². The first-order valence-corrected chi connectivity index (χ1v) is 6.66. The molecule has 2 unspecified atom stereocenters. The van der Waals surface area contributed by atoms with Crippen molar-refractivity contribution in [3.8, 4) is 0 Å². The van der Waals surface area contributed by atoms with Crippen molar-refractivity contribution in [1.29, 1.82) is 0 Å². The van der Waals surface area contributed by atoms with Crippen LogP contribution in [0.1, 0.15) is 31.2 Å². The van der Waals surface area contributed by atoms with E-state index in [1.807, 2.05) is 24.3 Å². The second-order valence-electron chi connectivity index (χ2n) is 4.67. The van der Waals surface area contributed by atoms with Gasteiger partial charge in [0.1, 0.15) is 0 Å². The van der Waals surface area contributed by atoms with E-state index in [1.54, 1.807) is 0 Å². The molecule has 0 bridgehead atoms. The molecule has 0 aromatic heterocycles. The smallest absolute Gasteiger partial charge is 0.0605 e. The summed E-state index contributed by atoms with van der Waals surface area (Å²) >= 11 is 6.07. The van der Waals surface area contributed by atoms with Crippen LogP contribution in [-0.4, -0.2) is 23.9 Å². The molecule has 3 heteroatoms. The highest BCUT2D eigenvalue weighted by Gasteiger charge is 2.18. The third-order valence-corrected chi connectivity index (χ3v) is 3.59. The summed E-state index contributed by atoms with van der Waals surface area (Å²) in [5.41, 5.74) is 1.01. The van der Waals surface area contributed by atoms with Crippen LogP contribution in [0.3, 0.4) is 0 Å². The maximum absolute atomic E-state index is 10.0. The van der Waals surface area contributed by atoms with Crippen LogP contribution >= 0.6 is 11.6 Å². The fraction of sp³-hybridized carbons (Fsp3) is 0.571. The minimum atomic E-state index is -0.363. The highest BCUT2D eigenvalue weighted by Crippen LogP contribution is 2.21. The summed E-state index contributed by atoms with van der Waals surface area (Å²) in [4.78, 5) is 0. The van der Waals surface area contributed by atoms with Gasteiger partial charge in [0.2, 0.25) is 0 Å². The Kier molecular flexibility index (Phi) is 4.84. The van der Waals surface area contributed by atoms with Crippen LogP contribution in [0.5, 0.6) is 0 Å². The average molecular weight is 255 g/mol. The van der Waals surface area contributed by atoms with Crippen molar-refractivity contribution < 1.29 is 9.84 Å². The molecule has 1 saturated heterocycles. The van der Waals surface area contributed by atoms with E-state index in [0.29, 0.717) is 12.8 Å². The monoisotopic (exact) mass is 254 g/mol. The van der Waals surface area contributed by atoms with Crippen LogP contribution in [-0.2, 0) is 11.2 Å². The van der Waals surface area contributed by atoms with Gasteiger partial charge in [-0.1, -0.05) is 29.8 Å². The molecule has 0 amide bonds. The number of hydrogen-bond acceptors (Lipinski definition) is 2. The lowest BCUT2D eigenvalue weighted by Crippen LogP contribution is -2.25. The number of aliphatic hydroxyl groups is 1. The minimum Gasteiger partial charge on any atom is -0.393 e. The molecular formula is C14H19ClO2. The van der Waals surface area contributed by atoms with Gasteiger partial charge >= 0.3 is 0 Å². The molecule has 1 aromatic rings. The molecule has 1 heterocycles. The van der Waals surface area contributed by atoms with Crippen molar-refractivity contribution >= 4 is 11.6 Å². The van der Waals surface area contributed by atoms with Gasteiger partial charge in [-0.25, -0.2) is 0 Å². The summed E-state index contributed by atoms with van der Waals surface area (Å²) in [7, 11) is 0. The van der Waals surface area contributed by atoms with Gasteiger partial charge in [0.05, 0.1) is 12.2 Å². The second kappa shape index (κ2) is 6.39. The average Bonchev–Trinajstić information content (AvgIpc) is 2.33. The second-order valence-corrected chi connectivity index (χ2v) is 5.08.